The number of carbonyl (C=O) groups excluding carboxylic acids is 1. The van der Waals surface area contributed by atoms with Crippen LogP contribution in [0.3, 0.4) is 0 Å². The number of piperidine rings is 1. The Bertz CT molecular complexity index is 810. The highest BCUT2D eigenvalue weighted by atomic mass is 19.1. The molecule has 2 aromatic rings. The molecule has 136 valence electrons. The molecule has 1 aromatic heterocycles. The van der Waals surface area contributed by atoms with Gasteiger partial charge in [-0.15, -0.1) is 0 Å². The van der Waals surface area contributed by atoms with Crippen molar-refractivity contribution in [1.29, 1.82) is 0 Å². The minimum absolute atomic E-state index is 0.0260. The fourth-order valence-corrected chi connectivity index (χ4v) is 3.78. The van der Waals surface area contributed by atoms with Gasteiger partial charge in [-0.2, -0.15) is 0 Å². The Morgan fingerprint density at radius 1 is 1.35 bits per heavy atom. The topological polar surface area (TPSA) is 58.1 Å². The molecule has 1 fully saturated rings. The molecule has 0 radical (unpaired) electrons. The third-order valence-electron chi connectivity index (χ3n) is 5.27. The Morgan fingerprint density at radius 3 is 3.12 bits per heavy atom. The number of likely N-dealkylation sites (tertiary alicyclic amines) is 1. The molecule has 0 aliphatic carbocycles. The van der Waals surface area contributed by atoms with Crippen LogP contribution in [0, 0.1) is 5.82 Å². The van der Waals surface area contributed by atoms with Gasteiger partial charge in [-0.3, -0.25) is 4.79 Å². The average molecular weight is 354 g/mol. The summed E-state index contributed by atoms with van der Waals surface area (Å²) >= 11 is 0. The molecule has 4 rings (SSSR count). The molecule has 5 nitrogen and oxygen atoms in total. The number of aromatic nitrogens is 2. The van der Waals surface area contributed by atoms with Crippen LogP contribution in [0.25, 0.3) is 0 Å². The summed E-state index contributed by atoms with van der Waals surface area (Å²) in [5.41, 5.74) is 2.75. The Kier molecular flexibility index (Phi) is 4.93. The second kappa shape index (κ2) is 7.50. The summed E-state index contributed by atoms with van der Waals surface area (Å²) < 4.78 is 13.8. The molecule has 2 aliphatic rings. The maximum atomic E-state index is 13.8. The molecule has 1 atom stereocenters. The van der Waals surface area contributed by atoms with E-state index >= 15 is 0 Å². The van der Waals surface area contributed by atoms with Gasteiger partial charge in [-0.05, 0) is 24.5 Å². The van der Waals surface area contributed by atoms with Crippen LogP contribution in [-0.2, 0) is 24.2 Å². The van der Waals surface area contributed by atoms with Crippen LogP contribution >= 0.6 is 0 Å². The molecule has 1 aromatic carbocycles. The van der Waals surface area contributed by atoms with E-state index in [1.165, 1.54) is 11.6 Å². The number of nitrogens with zero attached hydrogens (tertiary/aromatic N) is 3. The molecule has 26 heavy (non-hydrogen) atoms. The highest BCUT2D eigenvalue weighted by molar-refractivity contribution is 5.79. The van der Waals surface area contributed by atoms with E-state index in [9.17, 15) is 9.18 Å². The lowest BCUT2D eigenvalue weighted by molar-refractivity contribution is -0.131. The lowest BCUT2D eigenvalue weighted by atomic mass is 9.96. The van der Waals surface area contributed by atoms with Crippen molar-refractivity contribution in [3.8, 4) is 0 Å². The zero-order valence-electron chi connectivity index (χ0n) is 14.7. The number of hydrogen-bond donors (Lipinski definition) is 1. The maximum absolute atomic E-state index is 13.8. The molecular weight excluding hydrogens is 331 g/mol. The van der Waals surface area contributed by atoms with Crippen LogP contribution in [0.4, 0.5) is 4.39 Å². The van der Waals surface area contributed by atoms with E-state index < -0.39 is 0 Å². The molecule has 1 saturated heterocycles. The summed E-state index contributed by atoms with van der Waals surface area (Å²) in [6, 6.07) is 6.48. The van der Waals surface area contributed by atoms with Crippen LogP contribution in [0.15, 0.2) is 30.5 Å². The lowest BCUT2D eigenvalue weighted by Crippen LogP contribution is -2.40. The summed E-state index contributed by atoms with van der Waals surface area (Å²) in [5.74, 6) is 0.658. The van der Waals surface area contributed by atoms with Gasteiger partial charge in [0.25, 0.3) is 0 Å². The van der Waals surface area contributed by atoms with Gasteiger partial charge < -0.3 is 10.2 Å². The van der Waals surface area contributed by atoms with Gasteiger partial charge in [0.1, 0.15) is 11.6 Å². The summed E-state index contributed by atoms with van der Waals surface area (Å²) in [5, 5.41) is 3.33. The first kappa shape index (κ1) is 17.1. The van der Waals surface area contributed by atoms with Gasteiger partial charge in [0.15, 0.2) is 0 Å². The zero-order valence-corrected chi connectivity index (χ0v) is 14.7. The van der Waals surface area contributed by atoms with Gasteiger partial charge in [-0.1, -0.05) is 18.2 Å². The normalized spacial score (nSPS) is 19.9. The summed E-state index contributed by atoms with van der Waals surface area (Å²) in [6.45, 7) is 3.11. The summed E-state index contributed by atoms with van der Waals surface area (Å²) in [4.78, 5) is 23.8. The quantitative estimate of drug-likeness (QED) is 0.918. The van der Waals surface area contributed by atoms with Crippen molar-refractivity contribution in [2.45, 2.75) is 38.1 Å². The van der Waals surface area contributed by atoms with Gasteiger partial charge in [0.2, 0.25) is 5.91 Å². The Morgan fingerprint density at radius 2 is 2.23 bits per heavy atom. The highest BCUT2D eigenvalue weighted by Gasteiger charge is 2.27. The molecule has 1 N–H and O–H groups in total. The van der Waals surface area contributed by atoms with E-state index in [1.807, 2.05) is 11.1 Å². The summed E-state index contributed by atoms with van der Waals surface area (Å²) in [7, 11) is 0. The third-order valence-corrected chi connectivity index (χ3v) is 5.27. The van der Waals surface area contributed by atoms with Gasteiger partial charge in [-0.25, -0.2) is 14.4 Å². The molecule has 2 aliphatic heterocycles. The maximum Gasteiger partial charge on any atom is 0.227 e. The fraction of sp³-hybridized carbons (Fsp3) is 0.450. The van der Waals surface area contributed by atoms with Gasteiger partial charge in [0.05, 0.1) is 6.42 Å². The number of halogens is 1. The molecular formula is C20H23FN4O. The van der Waals surface area contributed by atoms with Gasteiger partial charge >= 0.3 is 0 Å². The smallest absolute Gasteiger partial charge is 0.227 e. The zero-order chi connectivity index (χ0) is 17.9. The van der Waals surface area contributed by atoms with E-state index in [2.05, 4.69) is 10.3 Å². The van der Waals surface area contributed by atoms with Crippen molar-refractivity contribution >= 4 is 5.91 Å². The third kappa shape index (κ3) is 3.60. The minimum atomic E-state index is -0.318. The van der Waals surface area contributed by atoms with E-state index in [-0.39, 0.29) is 24.1 Å². The molecule has 6 heteroatoms. The first-order valence-corrected chi connectivity index (χ1v) is 9.27. The van der Waals surface area contributed by atoms with E-state index in [1.54, 1.807) is 18.2 Å². The van der Waals surface area contributed by atoms with Crippen molar-refractivity contribution in [2.24, 2.45) is 0 Å². The number of amides is 1. The summed E-state index contributed by atoms with van der Waals surface area (Å²) in [6.07, 6.45) is 4.86. The number of carbonyl (C=O) groups is 1. The van der Waals surface area contributed by atoms with Crippen LogP contribution in [0.2, 0.25) is 0 Å². The second-order valence-electron chi connectivity index (χ2n) is 7.07. The van der Waals surface area contributed by atoms with Crippen LogP contribution < -0.4 is 5.32 Å². The van der Waals surface area contributed by atoms with Crippen molar-refractivity contribution in [2.75, 3.05) is 19.6 Å². The van der Waals surface area contributed by atoms with Crippen LogP contribution in [-0.4, -0.2) is 40.4 Å². The molecule has 0 bridgehead atoms. The molecule has 3 heterocycles. The average Bonchev–Trinajstić information content (AvgIpc) is 2.69. The largest absolute Gasteiger partial charge is 0.342 e. The SMILES string of the molecule is O=C(Cc1ccccc1F)N1CCCC(c2ncc3c(n2)CCNC3)C1. The predicted molar refractivity (Wildman–Crippen MR) is 96.1 cm³/mol. The second-order valence-corrected chi connectivity index (χ2v) is 7.07. The predicted octanol–water partition coefficient (Wildman–Crippen LogP) is 2.21. The molecule has 0 saturated carbocycles. The van der Waals surface area contributed by atoms with E-state index in [4.69, 9.17) is 4.98 Å². The minimum Gasteiger partial charge on any atom is -0.342 e. The number of fused-ring (bicyclic) bond motifs is 1. The van der Waals surface area contributed by atoms with Gasteiger partial charge in [0, 0.05) is 56.0 Å². The molecule has 1 unspecified atom stereocenters. The monoisotopic (exact) mass is 354 g/mol. The highest BCUT2D eigenvalue weighted by Crippen LogP contribution is 2.26. The Balaban J connectivity index is 1.45. The van der Waals surface area contributed by atoms with Crippen molar-refractivity contribution in [3.63, 3.8) is 0 Å². The fourth-order valence-electron chi connectivity index (χ4n) is 3.78. The van der Waals surface area contributed by atoms with Crippen LogP contribution in [0.5, 0.6) is 0 Å². The first-order valence-electron chi connectivity index (χ1n) is 9.27. The molecule has 0 spiro atoms. The van der Waals surface area contributed by atoms with Crippen molar-refractivity contribution < 1.29 is 9.18 Å². The van der Waals surface area contributed by atoms with Crippen molar-refractivity contribution in [1.82, 2.24) is 20.2 Å². The standard InChI is InChI=1S/C20H23FN4O/c21-17-6-2-1-4-14(17)10-19(26)25-9-3-5-15(13-25)20-23-12-16-11-22-8-7-18(16)24-20/h1-2,4,6,12,15,22H,3,5,7-11,13H2. The molecule has 1 amide bonds. The Labute approximate surface area is 152 Å². The first-order chi connectivity index (χ1) is 12.7. The number of hydrogen-bond acceptors (Lipinski definition) is 4. The van der Waals surface area contributed by atoms with Crippen LogP contribution in [0.1, 0.15) is 41.4 Å². The van der Waals surface area contributed by atoms with E-state index in [0.29, 0.717) is 12.1 Å². The number of rotatable bonds is 3. The van der Waals surface area contributed by atoms with E-state index in [0.717, 1.165) is 50.4 Å². The van der Waals surface area contributed by atoms with Crippen molar-refractivity contribution in [3.05, 3.63) is 58.9 Å². The lowest BCUT2D eigenvalue weighted by Gasteiger charge is -2.32. The number of benzene rings is 1. The number of nitrogens with one attached hydrogen (secondary N) is 1. The Hall–Kier alpha value is -2.34.